The fraction of sp³-hybridized carbons (Fsp3) is 0.500. The summed E-state index contributed by atoms with van der Waals surface area (Å²) in [5, 5.41) is 3.01. The normalized spacial score (nSPS) is 11.2. The van der Waals surface area contributed by atoms with E-state index in [2.05, 4.69) is 16.9 Å². The van der Waals surface area contributed by atoms with Crippen LogP contribution in [0.4, 0.5) is 5.82 Å². The summed E-state index contributed by atoms with van der Waals surface area (Å²) in [6.07, 6.45) is 5.97. The van der Waals surface area contributed by atoms with Crippen molar-refractivity contribution in [1.82, 2.24) is 9.55 Å². The van der Waals surface area contributed by atoms with Crippen LogP contribution in [0, 0.1) is 0 Å². The molecule has 0 aliphatic rings. The summed E-state index contributed by atoms with van der Waals surface area (Å²) >= 11 is 0. The lowest BCUT2D eigenvalue weighted by Crippen LogP contribution is -2.35. The highest BCUT2D eigenvalue weighted by molar-refractivity contribution is 5.31. The summed E-state index contributed by atoms with van der Waals surface area (Å²) in [4.78, 5) is 16.1. The predicted octanol–water partition coefficient (Wildman–Crippen LogP) is 1.99. The van der Waals surface area contributed by atoms with Crippen molar-refractivity contribution < 1.29 is 0 Å². The van der Waals surface area contributed by atoms with E-state index in [0.717, 1.165) is 6.42 Å². The molecule has 88 valence electrons. The largest absolute Gasteiger partial charge is 0.365 e. The Hall–Kier alpha value is -1.58. The number of rotatable bonds is 4. The van der Waals surface area contributed by atoms with Crippen molar-refractivity contribution in [2.75, 3.05) is 11.9 Å². The smallest absolute Gasteiger partial charge is 0.293 e. The molecule has 0 fully saturated rings. The van der Waals surface area contributed by atoms with Gasteiger partial charge in [-0.1, -0.05) is 6.08 Å². The van der Waals surface area contributed by atoms with E-state index in [1.165, 1.54) is 0 Å². The Bertz CT molecular complexity index is 415. The molecule has 0 aliphatic carbocycles. The van der Waals surface area contributed by atoms with Crippen LogP contribution in [0.15, 0.2) is 29.8 Å². The molecule has 0 amide bonds. The minimum Gasteiger partial charge on any atom is -0.365 e. The SMILES string of the molecule is C=CCCNc1nccn(C(C)(C)C)c1=O. The zero-order valence-corrected chi connectivity index (χ0v) is 10.2. The minimum absolute atomic E-state index is 0.0842. The summed E-state index contributed by atoms with van der Waals surface area (Å²) in [5.74, 6) is 0.402. The molecule has 1 heterocycles. The Morgan fingerprint density at radius 1 is 1.56 bits per heavy atom. The molecule has 0 spiro atoms. The van der Waals surface area contributed by atoms with Crippen molar-refractivity contribution in [3.8, 4) is 0 Å². The topological polar surface area (TPSA) is 46.9 Å². The number of hydrogen-bond acceptors (Lipinski definition) is 3. The average Bonchev–Trinajstić information content (AvgIpc) is 2.19. The average molecular weight is 221 g/mol. The molecule has 4 nitrogen and oxygen atoms in total. The molecule has 0 unspecified atom stereocenters. The van der Waals surface area contributed by atoms with Gasteiger partial charge in [-0.3, -0.25) is 4.79 Å². The Morgan fingerprint density at radius 3 is 2.81 bits per heavy atom. The van der Waals surface area contributed by atoms with Gasteiger partial charge in [0.2, 0.25) is 0 Å². The summed E-state index contributed by atoms with van der Waals surface area (Å²) in [5.41, 5.74) is -0.311. The molecule has 0 saturated carbocycles. The van der Waals surface area contributed by atoms with Gasteiger partial charge in [-0.25, -0.2) is 4.98 Å². The van der Waals surface area contributed by atoms with Gasteiger partial charge in [-0.05, 0) is 27.2 Å². The lowest BCUT2D eigenvalue weighted by atomic mass is 10.1. The van der Waals surface area contributed by atoms with Crippen LogP contribution in [0.3, 0.4) is 0 Å². The van der Waals surface area contributed by atoms with Crippen molar-refractivity contribution in [1.29, 1.82) is 0 Å². The summed E-state index contributed by atoms with van der Waals surface area (Å²) < 4.78 is 1.68. The fourth-order valence-corrected chi connectivity index (χ4v) is 1.35. The van der Waals surface area contributed by atoms with Gasteiger partial charge in [-0.2, -0.15) is 0 Å². The number of anilines is 1. The Balaban J connectivity index is 2.96. The zero-order chi connectivity index (χ0) is 12.2. The molecule has 1 N–H and O–H groups in total. The minimum atomic E-state index is -0.227. The molecule has 0 aromatic carbocycles. The van der Waals surface area contributed by atoms with Crippen molar-refractivity contribution in [2.24, 2.45) is 0 Å². The standard InChI is InChI=1S/C12H19N3O/c1-5-6-7-13-10-11(16)15(9-8-14-10)12(2,3)4/h5,8-9H,1,6-7H2,2-4H3,(H,13,14). The third-order valence-corrected chi connectivity index (χ3v) is 2.20. The number of hydrogen-bond donors (Lipinski definition) is 1. The predicted molar refractivity (Wildman–Crippen MR) is 66.8 cm³/mol. The molecule has 16 heavy (non-hydrogen) atoms. The first-order valence-corrected chi connectivity index (χ1v) is 5.39. The zero-order valence-electron chi connectivity index (χ0n) is 10.2. The monoisotopic (exact) mass is 221 g/mol. The van der Waals surface area contributed by atoms with Gasteiger partial charge in [0.25, 0.3) is 5.56 Å². The fourth-order valence-electron chi connectivity index (χ4n) is 1.35. The molecule has 0 aliphatic heterocycles. The molecule has 0 radical (unpaired) electrons. The van der Waals surface area contributed by atoms with E-state index in [-0.39, 0.29) is 11.1 Å². The molecular weight excluding hydrogens is 202 g/mol. The van der Waals surface area contributed by atoms with Crippen molar-refractivity contribution in [3.63, 3.8) is 0 Å². The summed E-state index contributed by atoms with van der Waals surface area (Å²) in [7, 11) is 0. The van der Waals surface area contributed by atoms with Crippen LogP contribution >= 0.6 is 0 Å². The maximum absolute atomic E-state index is 12.0. The molecular formula is C12H19N3O. The number of nitrogens with zero attached hydrogens (tertiary/aromatic N) is 2. The van der Waals surface area contributed by atoms with Crippen LogP contribution in [0.25, 0.3) is 0 Å². The number of aromatic nitrogens is 2. The van der Waals surface area contributed by atoms with E-state index >= 15 is 0 Å². The van der Waals surface area contributed by atoms with Crippen molar-refractivity contribution in [3.05, 3.63) is 35.4 Å². The molecule has 0 saturated heterocycles. The second-order valence-electron chi connectivity index (χ2n) is 4.63. The maximum atomic E-state index is 12.0. The lowest BCUT2D eigenvalue weighted by molar-refractivity contribution is 0.383. The number of nitrogens with one attached hydrogen (secondary N) is 1. The molecule has 1 rings (SSSR count). The Morgan fingerprint density at radius 2 is 2.25 bits per heavy atom. The van der Waals surface area contributed by atoms with Gasteiger partial charge in [0.05, 0.1) is 0 Å². The quantitative estimate of drug-likeness (QED) is 0.624. The Labute approximate surface area is 96.0 Å². The second kappa shape index (κ2) is 4.96. The molecule has 1 aromatic heterocycles. The first kappa shape index (κ1) is 12.5. The van der Waals surface area contributed by atoms with Crippen molar-refractivity contribution in [2.45, 2.75) is 32.7 Å². The van der Waals surface area contributed by atoms with Gasteiger partial charge < -0.3 is 9.88 Å². The van der Waals surface area contributed by atoms with Crippen LogP contribution in [0.1, 0.15) is 27.2 Å². The summed E-state index contributed by atoms with van der Waals surface area (Å²) in [6.45, 7) is 10.3. The first-order chi connectivity index (χ1) is 7.46. The summed E-state index contributed by atoms with van der Waals surface area (Å²) in [6, 6.07) is 0. The van der Waals surface area contributed by atoms with Crippen LogP contribution < -0.4 is 10.9 Å². The van der Waals surface area contributed by atoms with Crippen LogP contribution in [-0.2, 0) is 5.54 Å². The lowest BCUT2D eigenvalue weighted by Gasteiger charge is -2.22. The van der Waals surface area contributed by atoms with E-state index in [1.807, 2.05) is 20.8 Å². The highest BCUT2D eigenvalue weighted by Crippen LogP contribution is 2.10. The van der Waals surface area contributed by atoms with Gasteiger partial charge in [0, 0.05) is 24.5 Å². The van der Waals surface area contributed by atoms with Crippen molar-refractivity contribution >= 4 is 5.82 Å². The molecule has 4 heteroatoms. The van der Waals surface area contributed by atoms with Gasteiger partial charge >= 0.3 is 0 Å². The maximum Gasteiger partial charge on any atom is 0.293 e. The van der Waals surface area contributed by atoms with E-state index < -0.39 is 0 Å². The van der Waals surface area contributed by atoms with Gasteiger partial charge in [0.15, 0.2) is 5.82 Å². The first-order valence-electron chi connectivity index (χ1n) is 5.39. The molecule has 0 atom stereocenters. The van der Waals surface area contributed by atoms with E-state index in [0.29, 0.717) is 12.4 Å². The third-order valence-electron chi connectivity index (χ3n) is 2.20. The van der Waals surface area contributed by atoms with E-state index in [4.69, 9.17) is 0 Å². The molecule has 0 bridgehead atoms. The van der Waals surface area contributed by atoms with Crippen LogP contribution in [0.2, 0.25) is 0 Å². The van der Waals surface area contributed by atoms with Crippen LogP contribution in [0.5, 0.6) is 0 Å². The second-order valence-corrected chi connectivity index (χ2v) is 4.63. The van der Waals surface area contributed by atoms with Crippen LogP contribution in [-0.4, -0.2) is 16.1 Å². The third kappa shape index (κ3) is 2.95. The highest BCUT2D eigenvalue weighted by Gasteiger charge is 2.16. The molecule has 1 aromatic rings. The Kier molecular flexibility index (Phi) is 3.88. The van der Waals surface area contributed by atoms with Gasteiger partial charge in [-0.15, -0.1) is 6.58 Å². The van der Waals surface area contributed by atoms with E-state index in [9.17, 15) is 4.79 Å². The van der Waals surface area contributed by atoms with Gasteiger partial charge in [0.1, 0.15) is 0 Å². The van der Waals surface area contributed by atoms with E-state index in [1.54, 1.807) is 23.0 Å². The highest BCUT2D eigenvalue weighted by atomic mass is 16.1.